The predicted molar refractivity (Wildman–Crippen MR) is 91.9 cm³/mol. The maximum Gasteiger partial charge on any atom is 0.325 e. The Bertz CT molecular complexity index is 893. The number of amides is 4. The quantitative estimate of drug-likeness (QED) is 0.801. The molecule has 2 heterocycles. The molecule has 1 saturated heterocycles. The van der Waals surface area contributed by atoms with E-state index < -0.39 is 35.7 Å². The second kappa shape index (κ2) is 6.72. The van der Waals surface area contributed by atoms with Gasteiger partial charge in [0.05, 0.1) is 11.4 Å². The van der Waals surface area contributed by atoms with Crippen LogP contribution in [-0.2, 0) is 15.1 Å². The first-order valence-corrected chi connectivity index (χ1v) is 7.99. The van der Waals surface area contributed by atoms with E-state index >= 15 is 0 Å². The van der Waals surface area contributed by atoms with E-state index in [1.54, 1.807) is 18.2 Å². The van der Waals surface area contributed by atoms with Crippen LogP contribution in [0.3, 0.4) is 0 Å². The first kappa shape index (κ1) is 17.8. The molecule has 1 atom stereocenters. The number of halogens is 2. The fourth-order valence-corrected chi connectivity index (χ4v) is 2.77. The Morgan fingerprint density at radius 1 is 1.35 bits per heavy atom. The summed E-state index contributed by atoms with van der Waals surface area (Å²) in [6.07, 6.45) is 1.50. The molecule has 1 aromatic heterocycles. The SMILES string of the molecule is CC1(c2ccccn2)NC(=O)N(CC(=O)Nc2cc(Cl)ccc2F)C1=O. The summed E-state index contributed by atoms with van der Waals surface area (Å²) in [5, 5.41) is 5.07. The van der Waals surface area contributed by atoms with Crippen molar-refractivity contribution in [3.8, 4) is 0 Å². The standard InChI is InChI=1S/C17H14ClFN4O3/c1-17(13-4-2-3-7-20-13)15(25)23(16(26)22-17)9-14(24)21-12-8-10(18)5-6-11(12)19/h2-8H,9H2,1H3,(H,21,24)(H,22,26). The highest BCUT2D eigenvalue weighted by Crippen LogP contribution is 2.27. The number of anilines is 1. The van der Waals surface area contributed by atoms with Gasteiger partial charge in [-0.25, -0.2) is 9.18 Å². The fourth-order valence-electron chi connectivity index (χ4n) is 2.60. The first-order chi connectivity index (χ1) is 12.3. The number of benzene rings is 1. The Balaban J connectivity index is 1.76. The van der Waals surface area contributed by atoms with Crippen molar-refractivity contribution in [1.29, 1.82) is 0 Å². The Kier molecular flexibility index (Phi) is 4.60. The van der Waals surface area contributed by atoms with Crippen LogP contribution in [0.5, 0.6) is 0 Å². The van der Waals surface area contributed by atoms with Gasteiger partial charge in [0.25, 0.3) is 5.91 Å². The zero-order valence-electron chi connectivity index (χ0n) is 13.6. The van der Waals surface area contributed by atoms with Crippen molar-refractivity contribution in [2.75, 3.05) is 11.9 Å². The van der Waals surface area contributed by atoms with E-state index in [1.165, 1.54) is 25.3 Å². The van der Waals surface area contributed by atoms with Gasteiger partial charge in [0.1, 0.15) is 12.4 Å². The summed E-state index contributed by atoms with van der Waals surface area (Å²) < 4.78 is 13.7. The zero-order valence-corrected chi connectivity index (χ0v) is 14.4. The highest BCUT2D eigenvalue weighted by Gasteiger charge is 2.50. The van der Waals surface area contributed by atoms with E-state index in [1.807, 2.05) is 0 Å². The molecule has 1 aliphatic heterocycles. The number of hydrogen-bond acceptors (Lipinski definition) is 4. The van der Waals surface area contributed by atoms with Crippen LogP contribution in [0.1, 0.15) is 12.6 Å². The molecule has 1 unspecified atom stereocenters. The van der Waals surface area contributed by atoms with Crippen LogP contribution >= 0.6 is 11.6 Å². The van der Waals surface area contributed by atoms with Crippen LogP contribution in [-0.4, -0.2) is 34.3 Å². The molecule has 0 bridgehead atoms. The molecule has 0 aliphatic carbocycles. The molecule has 9 heteroatoms. The van der Waals surface area contributed by atoms with Gasteiger partial charge in [-0.2, -0.15) is 0 Å². The number of carbonyl (C=O) groups excluding carboxylic acids is 3. The molecule has 26 heavy (non-hydrogen) atoms. The molecule has 0 spiro atoms. The van der Waals surface area contributed by atoms with E-state index in [2.05, 4.69) is 15.6 Å². The smallest absolute Gasteiger partial charge is 0.322 e. The van der Waals surface area contributed by atoms with Gasteiger partial charge in [0.2, 0.25) is 5.91 Å². The molecular formula is C17H14ClFN4O3. The number of nitrogens with zero attached hydrogens (tertiary/aromatic N) is 2. The molecule has 0 radical (unpaired) electrons. The largest absolute Gasteiger partial charge is 0.325 e. The molecule has 0 saturated carbocycles. The van der Waals surface area contributed by atoms with E-state index in [9.17, 15) is 18.8 Å². The number of carbonyl (C=O) groups is 3. The minimum Gasteiger partial charge on any atom is -0.322 e. The van der Waals surface area contributed by atoms with Gasteiger partial charge >= 0.3 is 6.03 Å². The van der Waals surface area contributed by atoms with Crippen molar-refractivity contribution in [2.24, 2.45) is 0 Å². The zero-order chi connectivity index (χ0) is 18.9. The van der Waals surface area contributed by atoms with E-state index in [4.69, 9.17) is 11.6 Å². The van der Waals surface area contributed by atoms with Crippen LogP contribution in [0.25, 0.3) is 0 Å². The molecule has 4 amide bonds. The molecule has 1 aliphatic rings. The maximum atomic E-state index is 13.7. The molecule has 134 valence electrons. The Morgan fingerprint density at radius 3 is 2.81 bits per heavy atom. The van der Waals surface area contributed by atoms with Crippen LogP contribution < -0.4 is 10.6 Å². The third-order valence-corrected chi connectivity index (χ3v) is 4.19. The van der Waals surface area contributed by atoms with Gasteiger partial charge in [0, 0.05) is 11.2 Å². The Hall–Kier alpha value is -3.00. The van der Waals surface area contributed by atoms with Crippen LogP contribution in [0.15, 0.2) is 42.6 Å². The highest BCUT2D eigenvalue weighted by molar-refractivity contribution is 6.30. The number of urea groups is 1. The van der Waals surface area contributed by atoms with E-state index in [-0.39, 0.29) is 10.7 Å². The molecule has 7 nitrogen and oxygen atoms in total. The first-order valence-electron chi connectivity index (χ1n) is 7.62. The number of hydrogen-bond donors (Lipinski definition) is 2. The van der Waals surface area contributed by atoms with Gasteiger partial charge < -0.3 is 10.6 Å². The van der Waals surface area contributed by atoms with Gasteiger partial charge in [-0.15, -0.1) is 0 Å². The lowest BCUT2D eigenvalue weighted by molar-refractivity contribution is -0.133. The van der Waals surface area contributed by atoms with Gasteiger partial charge in [-0.3, -0.25) is 19.5 Å². The minimum absolute atomic E-state index is 0.137. The second-order valence-electron chi connectivity index (χ2n) is 5.83. The molecular weight excluding hydrogens is 363 g/mol. The van der Waals surface area contributed by atoms with Crippen molar-refractivity contribution in [1.82, 2.24) is 15.2 Å². The number of aromatic nitrogens is 1. The molecule has 1 fully saturated rings. The van der Waals surface area contributed by atoms with Crippen LogP contribution in [0.2, 0.25) is 5.02 Å². The van der Waals surface area contributed by atoms with Gasteiger partial charge in [-0.05, 0) is 37.3 Å². The van der Waals surface area contributed by atoms with Crippen LogP contribution in [0, 0.1) is 5.82 Å². The second-order valence-corrected chi connectivity index (χ2v) is 6.27. The summed E-state index contributed by atoms with van der Waals surface area (Å²) >= 11 is 5.77. The van der Waals surface area contributed by atoms with Gasteiger partial charge in [0.15, 0.2) is 5.54 Å². The van der Waals surface area contributed by atoms with Gasteiger partial charge in [-0.1, -0.05) is 17.7 Å². The Labute approximate surface area is 153 Å². The Morgan fingerprint density at radius 2 is 2.12 bits per heavy atom. The lowest BCUT2D eigenvalue weighted by Crippen LogP contribution is -2.42. The van der Waals surface area contributed by atoms with E-state index in [0.29, 0.717) is 5.69 Å². The summed E-state index contributed by atoms with van der Waals surface area (Å²) in [6, 6.07) is 7.90. The summed E-state index contributed by atoms with van der Waals surface area (Å²) in [5.74, 6) is -2.04. The number of pyridine rings is 1. The summed E-state index contributed by atoms with van der Waals surface area (Å²) in [4.78, 5) is 41.9. The fraction of sp³-hybridized carbons (Fsp3) is 0.176. The van der Waals surface area contributed by atoms with Crippen molar-refractivity contribution in [3.05, 3.63) is 59.1 Å². The number of imide groups is 1. The normalized spacial score (nSPS) is 19.4. The lowest BCUT2D eigenvalue weighted by Gasteiger charge is -2.20. The minimum atomic E-state index is -1.38. The number of nitrogens with one attached hydrogen (secondary N) is 2. The van der Waals surface area contributed by atoms with Crippen molar-refractivity contribution >= 4 is 35.1 Å². The monoisotopic (exact) mass is 376 g/mol. The summed E-state index contributed by atoms with van der Waals surface area (Å²) in [7, 11) is 0. The van der Waals surface area contributed by atoms with E-state index in [0.717, 1.165) is 11.0 Å². The third kappa shape index (κ3) is 3.23. The average molecular weight is 377 g/mol. The van der Waals surface area contributed by atoms with Crippen molar-refractivity contribution in [2.45, 2.75) is 12.5 Å². The predicted octanol–water partition coefficient (Wildman–Crippen LogP) is 2.28. The number of rotatable bonds is 4. The van der Waals surface area contributed by atoms with Crippen molar-refractivity contribution < 1.29 is 18.8 Å². The maximum absolute atomic E-state index is 13.7. The molecule has 3 rings (SSSR count). The van der Waals surface area contributed by atoms with Crippen molar-refractivity contribution in [3.63, 3.8) is 0 Å². The topological polar surface area (TPSA) is 91.4 Å². The third-order valence-electron chi connectivity index (χ3n) is 3.96. The molecule has 1 aromatic carbocycles. The summed E-state index contributed by atoms with van der Waals surface area (Å²) in [6.45, 7) is 0.934. The molecule has 2 N–H and O–H groups in total. The summed E-state index contributed by atoms with van der Waals surface area (Å²) in [5.41, 5.74) is -1.16. The van der Waals surface area contributed by atoms with Crippen LogP contribution in [0.4, 0.5) is 14.9 Å². The highest BCUT2D eigenvalue weighted by atomic mass is 35.5. The average Bonchev–Trinajstić information content (AvgIpc) is 2.83. The molecule has 2 aromatic rings. The lowest BCUT2D eigenvalue weighted by atomic mass is 9.97.